The van der Waals surface area contributed by atoms with Crippen molar-refractivity contribution in [1.29, 1.82) is 0 Å². The van der Waals surface area contributed by atoms with E-state index in [9.17, 15) is 5.02 Å². The molecule has 0 aromatic carbocycles. The Morgan fingerprint density at radius 3 is 2.73 bits per heavy atom. The minimum Gasteiger partial charge on any atom is -0.437 e. The zero-order valence-corrected chi connectivity index (χ0v) is 7.33. The van der Waals surface area contributed by atoms with Crippen LogP contribution in [0.1, 0.15) is 13.3 Å². The molecule has 0 radical (unpaired) electrons. The summed E-state index contributed by atoms with van der Waals surface area (Å²) in [6.07, 6.45) is 3.06. The van der Waals surface area contributed by atoms with E-state index >= 15 is 0 Å². The minimum absolute atomic E-state index is 0.331. The summed E-state index contributed by atoms with van der Waals surface area (Å²) in [7, 11) is -0.331. The lowest BCUT2D eigenvalue weighted by Crippen LogP contribution is -2.39. The monoisotopic (exact) mass is 153 g/mol. The number of nitrogens with zero attached hydrogens (tertiary/aromatic N) is 1. The van der Waals surface area contributed by atoms with Crippen molar-refractivity contribution in [2.45, 2.75) is 26.2 Å². The number of hydrogen-bond donors (Lipinski definition) is 1. The van der Waals surface area contributed by atoms with E-state index in [1.807, 2.05) is 12.9 Å². The van der Waals surface area contributed by atoms with Gasteiger partial charge in [-0.2, -0.15) is 0 Å². The lowest BCUT2D eigenvalue weighted by atomic mass is 9.84. The lowest BCUT2D eigenvalue weighted by molar-refractivity contribution is 0.378. The van der Waals surface area contributed by atoms with Gasteiger partial charge in [0.15, 0.2) is 0 Å². The topological polar surface area (TPSA) is 23.5 Å². The first-order valence-electron chi connectivity index (χ1n) is 4.21. The van der Waals surface area contributed by atoms with Gasteiger partial charge in [-0.05, 0) is 25.7 Å². The molecule has 0 aliphatic carbocycles. The van der Waals surface area contributed by atoms with E-state index in [0.29, 0.717) is 12.0 Å². The second-order valence-electron chi connectivity index (χ2n) is 3.47. The van der Waals surface area contributed by atoms with Gasteiger partial charge in [0.25, 0.3) is 0 Å². The normalized spacial score (nSPS) is 32.3. The molecule has 2 nitrogen and oxygen atoms in total. The molecule has 2 unspecified atom stereocenters. The van der Waals surface area contributed by atoms with Gasteiger partial charge in [0.05, 0.1) is 0 Å². The van der Waals surface area contributed by atoms with Crippen LogP contribution < -0.4 is 0 Å². The highest BCUT2D eigenvalue weighted by Crippen LogP contribution is 2.23. The summed E-state index contributed by atoms with van der Waals surface area (Å²) in [4.78, 5) is 2.08. The van der Waals surface area contributed by atoms with Crippen LogP contribution in [0.2, 0.25) is 6.82 Å². The van der Waals surface area contributed by atoms with E-state index in [1.54, 1.807) is 0 Å². The molecule has 0 spiro atoms. The van der Waals surface area contributed by atoms with Crippen LogP contribution in [0.3, 0.4) is 0 Å². The summed E-state index contributed by atoms with van der Waals surface area (Å²) in [5, 5.41) is 9.35. The van der Waals surface area contributed by atoms with E-state index in [1.165, 1.54) is 0 Å². The molecule has 1 heterocycles. The molecular weight excluding hydrogens is 137 g/mol. The molecule has 0 aromatic heterocycles. The third-order valence-corrected chi connectivity index (χ3v) is 2.34. The van der Waals surface area contributed by atoms with Gasteiger partial charge in [0.1, 0.15) is 0 Å². The summed E-state index contributed by atoms with van der Waals surface area (Å²) in [6.45, 7) is 8.77. The van der Waals surface area contributed by atoms with Crippen molar-refractivity contribution in [3.05, 3.63) is 12.7 Å². The van der Waals surface area contributed by atoms with Gasteiger partial charge in [-0.15, -0.1) is 6.58 Å². The van der Waals surface area contributed by atoms with Crippen molar-refractivity contribution >= 4 is 7.05 Å². The van der Waals surface area contributed by atoms with Gasteiger partial charge in [0.2, 0.25) is 0 Å². The lowest BCUT2D eigenvalue weighted by Gasteiger charge is -2.21. The van der Waals surface area contributed by atoms with Crippen LogP contribution in [0, 0.1) is 5.92 Å². The summed E-state index contributed by atoms with van der Waals surface area (Å²) < 4.78 is 0. The molecule has 0 aromatic rings. The van der Waals surface area contributed by atoms with Crippen molar-refractivity contribution in [3.63, 3.8) is 0 Å². The molecular formula is C8H16BNO. The van der Waals surface area contributed by atoms with E-state index in [0.717, 1.165) is 13.0 Å². The maximum Gasteiger partial charge on any atom is 0.376 e. The first-order valence-corrected chi connectivity index (χ1v) is 4.21. The third kappa shape index (κ3) is 1.85. The Labute approximate surface area is 69.0 Å². The van der Waals surface area contributed by atoms with Gasteiger partial charge in [-0.1, -0.05) is 13.0 Å². The average molecular weight is 153 g/mol. The highest BCUT2D eigenvalue weighted by molar-refractivity contribution is 6.45. The van der Waals surface area contributed by atoms with E-state index in [2.05, 4.69) is 18.3 Å². The summed E-state index contributed by atoms with van der Waals surface area (Å²) in [6, 6.07) is 0.380. The molecule has 2 atom stereocenters. The summed E-state index contributed by atoms with van der Waals surface area (Å²) in [5.74, 6) is 0.688. The van der Waals surface area contributed by atoms with Crippen LogP contribution in [0.4, 0.5) is 0 Å². The predicted octanol–water partition coefficient (Wildman–Crippen LogP) is 0.993. The molecule has 1 N–H and O–H groups in total. The van der Waals surface area contributed by atoms with Crippen LogP contribution in [0.5, 0.6) is 0 Å². The Kier molecular flexibility index (Phi) is 2.74. The second-order valence-corrected chi connectivity index (χ2v) is 3.47. The van der Waals surface area contributed by atoms with Crippen molar-refractivity contribution in [2.24, 2.45) is 5.92 Å². The zero-order chi connectivity index (χ0) is 8.43. The predicted molar refractivity (Wildman–Crippen MR) is 48.3 cm³/mol. The fourth-order valence-electron chi connectivity index (χ4n) is 1.78. The van der Waals surface area contributed by atoms with Crippen molar-refractivity contribution < 1.29 is 5.02 Å². The third-order valence-electron chi connectivity index (χ3n) is 2.34. The Balaban J connectivity index is 2.57. The van der Waals surface area contributed by atoms with Crippen LogP contribution in [-0.2, 0) is 0 Å². The van der Waals surface area contributed by atoms with Gasteiger partial charge >= 0.3 is 7.05 Å². The summed E-state index contributed by atoms with van der Waals surface area (Å²) >= 11 is 0. The maximum atomic E-state index is 9.35. The zero-order valence-electron chi connectivity index (χ0n) is 7.33. The number of hydrogen-bond acceptors (Lipinski definition) is 2. The molecule has 62 valence electrons. The molecule has 1 fully saturated rings. The first-order chi connectivity index (χ1) is 5.15. The molecule has 0 amide bonds. The van der Waals surface area contributed by atoms with Crippen LogP contribution in [0.15, 0.2) is 12.7 Å². The van der Waals surface area contributed by atoms with Crippen molar-refractivity contribution in [3.8, 4) is 0 Å². The van der Waals surface area contributed by atoms with E-state index in [-0.39, 0.29) is 7.05 Å². The quantitative estimate of drug-likeness (QED) is 0.472. The van der Waals surface area contributed by atoms with Gasteiger partial charge in [0, 0.05) is 6.04 Å². The Morgan fingerprint density at radius 2 is 2.36 bits per heavy atom. The first kappa shape index (κ1) is 8.82. The van der Waals surface area contributed by atoms with Crippen molar-refractivity contribution in [2.75, 3.05) is 6.54 Å². The molecule has 3 heteroatoms. The molecule has 0 saturated carbocycles. The smallest absolute Gasteiger partial charge is 0.376 e. The molecule has 1 aliphatic rings. The second kappa shape index (κ2) is 3.41. The van der Waals surface area contributed by atoms with Crippen LogP contribution in [0.25, 0.3) is 0 Å². The fraction of sp³-hybridized carbons (Fsp3) is 0.750. The van der Waals surface area contributed by atoms with Gasteiger partial charge < -0.3 is 9.83 Å². The molecule has 11 heavy (non-hydrogen) atoms. The van der Waals surface area contributed by atoms with E-state index < -0.39 is 0 Å². The highest BCUT2D eigenvalue weighted by atomic mass is 16.2. The largest absolute Gasteiger partial charge is 0.437 e. The molecule has 1 saturated heterocycles. The Bertz CT molecular complexity index is 149. The summed E-state index contributed by atoms with van der Waals surface area (Å²) in [5.41, 5.74) is 0. The SMILES string of the molecule is C=CC1CC(C)CN1B(C)O. The molecule has 0 bridgehead atoms. The standard InChI is InChI=1S/C8H16BNO/c1-4-8-5-7(2)6-10(8)9(3)11/h4,7-8,11H,1,5-6H2,2-3H3. The van der Waals surface area contributed by atoms with Crippen LogP contribution in [-0.4, -0.2) is 29.5 Å². The highest BCUT2D eigenvalue weighted by Gasteiger charge is 2.31. The fourth-order valence-corrected chi connectivity index (χ4v) is 1.78. The molecule has 1 aliphatic heterocycles. The molecule has 1 rings (SSSR count). The minimum atomic E-state index is -0.331. The van der Waals surface area contributed by atoms with Crippen LogP contribution >= 0.6 is 0 Å². The van der Waals surface area contributed by atoms with E-state index in [4.69, 9.17) is 0 Å². The van der Waals surface area contributed by atoms with Gasteiger partial charge in [-0.25, -0.2) is 0 Å². The number of rotatable bonds is 2. The van der Waals surface area contributed by atoms with Crippen molar-refractivity contribution in [1.82, 2.24) is 4.81 Å². The Morgan fingerprint density at radius 1 is 1.73 bits per heavy atom. The van der Waals surface area contributed by atoms with Gasteiger partial charge in [-0.3, -0.25) is 0 Å². The average Bonchev–Trinajstić information content (AvgIpc) is 2.30. The maximum absolute atomic E-state index is 9.35. The Hall–Kier alpha value is -0.275.